The molecule has 3 unspecified atom stereocenters. The molecule has 4 heteroatoms. The molecular weight excluding hydrogens is 202 g/mol. The van der Waals surface area contributed by atoms with Gasteiger partial charge < -0.3 is 5.11 Å². The van der Waals surface area contributed by atoms with Crippen molar-refractivity contribution in [2.24, 2.45) is 5.92 Å². The van der Waals surface area contributed by atoms with E-state index in [4.69, 9.17) is 16.7 Å². The predicted octanol–water partition coefficient (Wildman–Crippen LogP) is 1.68. The minimum absolute atomic E-state index is 0.155. The van der Waals surface area contributed by atoms with Gasteiger partial charge in [-0.05, 0) is 19.3 Å². The zero-order valence-corrected chi connectivity index (χ0v) is 8.65. The number of carboxylic acid groups (broad SMARTS) is 1. The molecule has 78 valence electrons. The summed E-state index contributed by atoms with van der Waals surface area (Å²) in [7, 11) is 0. The topological polar surface area (TPSA) is 40.5 Å². The highest BCUT2D eigenvalue weighted by Crippen LogP contribution is 2.41. The summed E-state index contributed by atoms with van der Waals surface area (Å²) in [6.07, 6.45) is 4.87. The van der Waals surface area contributed by atoms with Crippen LogP contribution in [0.1, 0.15) is 19.3 Å². The van der Waals surface area contributed by atoms with Gasteiger partial charge in [-0.1, -0.05) is 17.7 Å². The maximum Gasteiger partial charge on any atom is 0.308 e. The first-order valence-electron chi connectivity index (χ1n) is 4.98. The van der Waals surface area contributed by atoms with E-state index in [-0.39, 0.29) is 12.0 Å². The molecule has 0 spiro atoms. The van der Waals surface area contributed by atoms with Gasteiger partial charge in [0, 0.05) is 24.2 Å². The Morgan fingerprint density at radius 2 is 2.36 bits per heavy atom. The molecule has 2 rings (SSSR count). The summed E-state index contributed by atoms with van der Waals surface area (Å²) in [5, 5.41) is 9.01. The molecule has 0 saturated carbocycles. The molecule has 3 nitrogen and oxygen atoms in total. The van der Waals surface area contributed by atoms with Gasteiger partial charge in [-0.3, -0.25) is 9.69 Å². The second-order valence-corrected chi connectivity index (χ2v) is 4.29. The largest absolute Gasteiger partial charge is 0.481 e. The maximum atomic E-state index is 10.9. The van der Waals surface area contributed by atoms with Crippen molar-refractivity contribution in [2.45, 2.75) is 31.3 Å². The highest BCUT2D eigenvalue weighted by atomic mass is 35.5. The normalized spacial score (nSPS) is 37.1. The van der Waals surface area contributed by atoms with Crippen LogP contribution in [-0.4, -0.2) is 34.6 Å². The monoisotopic (exact) mass is 215 g/mol. The van der Waals surface area contributed by atoms with Gasteiger partial charge in [-0.15, -0.1) is 0 Å². The Balaban J connectivity index is 2.04. The van der Waals surface area contributed by atoms with Gasteiger partial charge in [0.25, 0.3) is 0 Å². The molecule has 2 aliphatic heterocycles. The van der Waals surface area contributed by atoms with Crippen molar-refractivity contribution in [3.63, 3.8) is 0 Å². The van der Waals surface area contributed by atoms with Crippen LogP contribution in [0.15, 0.2) is 11.6 Å². The number of nitrogens with zero attached hydrogens (tertiary/aromatic N) is 1. The van der Waals surface area contributed by atoms with Crippen LogP contribution < -0.4 is 0 Å². The fourth-order valence-electron chi connectivity index (χ4n) is 2.81. The smallest absolute Gasteiger partial charge is 0.308 e. The van der Waals surface area contributed by atoms with E-state index in [1.807, 2.05) is 6.08 Å². The van der Waals surface area contributed by atoms with Gasteiger partial charge in [-0.25, -0.2) is 0 Å². The van der Waals surface area contributed by atoms with Gasteiger partial charge in [0.15, 0.2) is 0 Å². The first-order chi connectivity index (χ1) is 6.74. The highest BCUT2D eigenvalue weighted by molar-refractivity contribution is 6.25. The molecule has 0 aliphatic carbocycles. The van der Waals surface area contributed by atoms with E-state index in [0.717, 1.165) is 25.8 Å². The number of carboxylic acids is 1. The van der Waals surface area contributed by atoms with Gasteiger partial charge in [0.2, 0.25) is 0 Å². The number of aliphatic carboxylic acids is 1. The Hall–Kier alpha value is -0.540. The molecule has 0 radical (unpaired) electrons. The van der Waals surface area contributed by atoms with E-state index in [1.165, 1.54) is 5.54 Å². The van der Waals surface area contributed by atoms with E-state index in [1.54, 1.807) is 0 Å². The zero-order valence-electron chi connectivity index (χ0n) is 7.90. The first-order valence-corrected chi connectivity index (χ1v) is 5.41. The minimum Gasteiger partial charge on any atom is -0.481 e. The van der Waals surface area contributed by atoms with Crippen LogP contribution in [0, 0.1) is 5.92 Å². The number of fused-ring (bicyclic) bond motifs is 2. The van der Waals surface area contributed by atoms with E-state index >= 15 is 0 Å². The van der Waals surface area contributed by atoms with Crippen molar-refractivity contribution in [1.29, 1.82) is 0 Å². The summed E-state index contributed by atoms with van der Waals surface area (Å²) < 4.78 is 0. The zero-order chi connectivity index (χ0) is 10.1. The Morgan fingerprint density at radius 3 is 2.93 bits per heavy atom. The van der Waals surface area contributed by atoms with E-state index in [2.05, 4.69) is 4.90 Å². The first kappa shape index (κ1) is 9.99. The van der Waals surface area contributed by atoms with Crippen LogP contribution in [0.4, 0.5) is 0 Å². The summed E-state index contributed by atoms with van der Waals surface area (Å²) in [6.45, 7) is 0.794. The minimum atomic E-state index is -0.642. The van der Waals surface area contributed by atoms with Crippen molar-refractivity contribution < 1.29 is 9.90 Å². The van der Waals surface area contributed by atoms with E-state index in [9.17, 15) is 4.79 Å². The van der Waals surface area contributed by atoms with Gasteiger partial charge in [0.05, 0.1) is 5.92 Å². The Labute approximate surface area is 88.3 Å². The Bertz CT molecular complexity index is 267. The third-order valence-corrected chi connectivity index (χ3v) is 3.58. The fourth-order valence-corrected chi connectivity index (χ4v) is 2.89. The average molecular weight is 216 g/mol. The lowest BCUT2D eigenvalue weighted by Crippen LogP contribution is -2.32. The SMILES string of the molecule is O=C(O)C1CC2CCC1N2CC=CCl. The lowest BCUT2D eigenvalue weighted by Gasteiger charge is -2.20. The van der Waals surface area contributed by atoms with Crippen LogP contribution in [0.2, 0.25) is 0 Å². The van der Waals surface area contributed by atoms with Crippen LogP contribution in [0.3, 0.4) is 0 Å². The highest BCUT2D eigenvalue weighted by Gasteiger charge is 2.48. The van der Waals surface area contributed by atoms with Crippen molar-refractivity contribution in [2.75, 3.05) is 6.54 Å². The van der Waals surface area contributed by atoms with Crippen LogP contribution in [0.5, 0.6) is 0 Å². The third kappa shape index (κ3) is 1.55. The molecule has 0 amide bonds. The molecule has 0 aromatic heterocycles. The average Bonchev–Trinajstić information content (AvgIpc) is 2.71. The molecule has 2 bridgehead atoms. The van der Waals surface area contributed by atoms with E-state index in [0.29, 0.717) is 6.04 Å². The van der Waals surface area contributed by atoms with Crippen LogP contribution in [-0.2, 0) is 4.79 Å². The van der Waals surface area contributed by atoms with Gasteiger partial charge in [0.1, 0.15) is 0 Å². The summed E-state index contributed by atoms with van der Waals surface area (Å²) in [6, 6.07) is 0.708. The Kier molecular flexibility index (Phi) is 2.79. The summed E-state index contributed by atoms with van der Waals surface area (Å²) in [5.41, 5.74) is 1.51. The molecular formula is C10H14ClNO2. The summed E-state index contributed by atoms with van der Waals surface area (Å²) in [4.78, 5) is 13.2. The summed E-state index contributed by atoms with van der Waals surface area (Å²) in [5.74, 6) is -0.797. The lowest BCUT2D eigenvalue weighted by molar-refractivity contribution is -0.142. The standard InChI is InChI=1S/C10H14ClNO2/c11-4-1-5-12-7-2-3-9(12)8(6-7)10(13)14/h1,4,7-9H,2-3,5-6H2,(H,13,14). The lowest BCUT2D eigenvalue weighted by atomic mass is 9.89. The number of halogens is 1. The molecule has 2 fully saturated rings. The molecule has 2 saturated heterocycles. The molecule has 3 atom stereocenters. The summed E-state index contributed by atoms with van der Waals surface area (Å²) >= 11 is 5.47. The predicted molar refractivity (Wildman–Crippen MR) is 54.3 cm³/mol. The van der Waals surface area contributed by atoms with Gasteiger partial charge in [-0.2, -0.15) is 0 Å². The molecule has 14 heavy (non-hydrogen) atoms. The molecule has 0 aromatic carbocycles. The van der Waals surface area contributed by atoms with Crippen LogP contribution in [0.25, 0.3) is 0 Å². The second kappa shape index (κ2) is 3.91. The van der Waals surface area contributed by atoms with Crippen molar-refractivity contribution in [3.05, 3.63) is 11.6 Å². The van der Waals surface area contributed by atoms with Crippen molar-refractivity contribution >= 4 is 17.6 Å². The second-order valence-electron chi connectivity index (χ2n) is 4.04. The third-order valence-electron chi connectivity index (χ3n) is 3.40. The van der Waals surface area contributed by atoms with Crippen LogP contribution >= 0.6 is 11.6 Å². The fraction of sp³-hybridized carbons (Fsp3) is 0.700. The van der Waals surface area contributed by atoms with Crippen molar-refractivity contribution in [1.82, 2.24) is 4.90 Å². The maximum absolute atomic E-state index is 10.9. The Morgan fingerprint density at radius 1 is 1.57 bits per heavy atom. The molecule has 2 heterocycles. The van der Waals surface area contributed by atoms with Crippen molar-refractivity contribution in [3.8, 4) is 0 Å². The number of rotatable bonds is 3. The van der Waals surface area contributed by atoms with E-state index < -0.39 is 5.97 Å². The number of hydrogen-bond acceptors (Lipinski definition) is 2. The quantitative estimate of drug-likeness (QED) is 0.779. The number of carbonyl (C=O) groups is 1. The molecule has 0 aromatic rings. The molecule has 2 aliphatic rings. The number of hydrogen-bond donors (Lipinski definition) is 1. The molecule has 1 N–H and O–H groups in total. The van der Waals surface area contributed by atoms with Gasteiger partial charge >= 0.3 is 5.97 Å².